The van der Waals surface area contributed by atoms with Crippen molar-refractivity contribution in [2.45, 2.75) is 0 Å². The molecule has 0 unspecified atom stereocenters. The van der Waals surface area contributed by atoms with Gasteiger partial charge < -0.3 is 5.11 Å². The Hall–Kier alpha value is -2.50. The van der Waals surface area contributed by atoms with Crippen molar-refractivity contribution in [2.24, 2.45) is 4.99 Å². The van der Waals surface area contributed by atoms with Gasteiger partial charge in [0.2, 0.25) is 5.13 Å². The molecule has 0 aliphatic carbocycles. The van der Waals surface area contributed by atoms with Crippen LogP contribution in [0.25, 0.3) is 22.0 Å². The van der Waals surface area contributed by atoms with Gasteiger partial charge in [0.25, 0.3) is 0 Å². The van der Waals surface area contributed by atoms with E-state index in [-0.39, 0.29) is 5.75 Å². The first kappa shape index (κ1) is 16.0. The van der Waals surface area contributed by atoms with Crippen molar-refractivity contribution in [3.05, 3.63) is 76.1 Å². The summed E-state index contributed by atoms with van der Waals surface area (Å²) in [5.41, 5.74) is 2.65. The Labute approximate surface area is 157 Å². The molecular formula is C20H13BrN2OS. The lowest BCUT2D eigenvalue weighted by Gasteiger charge is -2.04. The fourth-order valence-electron chi connectivity index (χ4n) is 2.62. The van der Waals surface area contributed by atoms with Crippen LogP contribution in [0.5, 0.6) is 5.75 Å². The molecule has 0 saturated heterocycles. The molecule has 25 heavy (non-hydrogen) atoms. The molecule has 0 saturated carbocycles. The number of thiazole rings is 1. The molecule has 0 amide bonds. The van der Waals surface area contributed by atoms with Crippen molar-refractivity contribution >= 4 is 49.4 Å². The van der Waals surface area contributed by atoms with Crippen LogP contribution in [0.4, 0.5) is 5.13 Å². The Morgan fingerprint density at radius 2 is 1.80 bits per heavy atom. The van der Waals surface area contributed by atoms with E-state index in [1.165, 1.54) is 11.3 Å². The molecule has 1 N–H and O–H groups in total. The number of phenolic OH excluding ortho intramolecular Hbond substituents is 1. The second-order valence-corrected chi connectivity index (χ2v) is 7.25. The van der Waals surface area contributed by atoms with Gasteiger partial charge in [-0.1, -0.05) is 58.4 Å². The number of nitrogens with zero attached hydrogens (tertiary/aromatic N) is 2. The van der Waals surface area contributed by atoms with Gasteiger partial charge in [-0.15, -0.1) is 11.3 Å². The van der Waals surface area contributed by atoms with Crippen LogP contribution in [0.1, 0.15) is 5.56 Å². The predicted molar refractivity (Wildman–Crippen MR) is 108 cm³/mol. The van der Waals surface area contributed by atoms with Crippen LogP contribution in [0.15, 0.2) is 75.5 Å². The molecular weight excluding hydrogens is 396 g/mol. The number of aromatic hydroxyl groups is 1. The number of rotatable bonds is 3. The molecule has 3 aromatic carbocycles. The van der Waals surface area contributed by atoms with Gasteiger partial charge in [-0.05, 0) is 29.0 Å². The Morgan fingerprint density at radius 1 is 1.00 bits per heavy atom. The number of benzene rings is 3. The largest absolute Gasteiger partial charge is 0.507 e. The lowest BCUT2D eigenvalue weighted by Crippen LogP contribution is -1.85. The topological polar surface area (TPSA) is 45.5 Å². The molecule has 122 valence electrons. The maximum Gasteiger partial charge on any atom is 0.209 e. The highest BCUT2D eigenvalue weighted by atomic mass is 79.9. The van der Waals surface area contributed by atoms with Crippen molar-refractivity contribution < 1.29 is 5.11 Å². The van der Waals surface area contributed by atoms with Crippen molar-refractivity contribution in [1.82, 2.24) is 4.98 Å². The second-order valence-electron chi connectivity index (χ2n) is 5.50. The molecule has 0 aliphatic heterocycles. The smallest absolute Gasteiger partial charge is 0.209 e. The van der Waals surface area contributed by atoms with Crippen LogP contribution in [-0.4, -0.2) is 16.3 Å². The molecule has 0 bridgehead atoms. The molecule has 3 nitrogen and oxygen atoms in total. The lowest BCUT2D eigenvalue weighted by atomic mass is 10.0. The van der Waals surface area contributed by atoms with Gasteiger partial charge >= 0.3 is 0 Å². The molecule has 4 rings (SSSR count). The molecule has 1 aromatic heterocycles. The Morgan fingerprint density at radius 3 is 2.64 bits per heavy atom. The minimum absolute atomic E-state index is 0.215. The number of fused-ring (bicyclic) bond motifs is 1. The van der Waals surface area contributed by atoms with E-state index in [0.29, 0.717) is 10.7 Å². The SMILES string of the molecule is Oc1ccc2ccccc2c1/C=N/c1nc(-c2ccc(Br)cc2)cs1. The normalized spacial score (nSPS) is 11.4. The lowest BCUT2D eigenvalue weighted by molar-refractivity contribution is 0.475. The third-order valence-corrected chi connectivity index (χ3v) is 5.16. The summed E-state index contributed by atoms with van der Waals surface area (Å²) in [6, 6.07) is 19.5. The quantitative estimate of drug-likeness (QED) is 0.411. The van der Waals surface area contributed by atoms with Crippen molar-refractivity contribution in [3.63, 3.8) is 0 Å². The van der Waals surface area contributed by atoms with E-state index < -0.39 is 0 Å². The summed E-state index contributed by atoms with van der Waals surface area (Å²) in [5, 5.41) is 14.9. The van der Waals surface area contributed by atoms with Gasteiger partial charge in [0.1, 0.15) is 5.75 Å². The van der Waals surface area contributed by atoms with E-state index in [4.69, 9.17) is 0 Å². The maximum atomic E-state index is 10.2. The average Bonchev–Trinajstić information content (AvgIpc) is 3.10. The van der Waals surface area contributed by atoms with Gasteiger partial charge in [0.15, 0.2) is 0 Å². The summed E-state index contributed by atoms with van der Waals surface area (Å²) in [5.74, 6) is 0.215. The maximum absolute atomic E-state index is 10.2. The van der Waals surface area contributed by atoms with Gasteiger partial charge in [0.05, 0.1) is 5.69 Å². The molecule has 0 aliphatic rings. The number of aromatic nitrogens is 1. The number of halogens is 1. The molecule has 4 aromatic rings. The summed E-state index contributed by atoms with van der Waals surface area (Å²) >= 11 is 4.91. The first-order chi connectivity index (χ1) is 12.2. The Balaban J connectivity index is 1.67. The zero-order valence-corrected chi connectivity index (χ0v) is 15.5. The van der Waals surface area contributed by atoms with Gasteiger partial charge in [-0.3, -0.25) is 0 Å². The van der Waals surface area contributed by atoms with Gasteiger partial charge in [-0.25, -0.2) is 9.98 Å². The zero-order valence-electron chi connectivity index (χ0n) is 13.1. The number of hydrogen-bond acceptors (Lipinski definition) is 4. The van der Waals surface area contributed by atoms with Crippen LogP contribution in [-0.2, 0) is 0 Å². The molecule has 0 fully saturated rings. The van der Waals surface area contributed by atoms with E-state index in [2.05, 4.69) is 25.9 Å². The third kappa shape index (κ3) is 3.34. The minimum Gasteiger partial charge on any atom is -0.507 e. The fraction of sp³-hybridized carbons (Fsp3) is 0. The van der Waals surface area contributed by atoms with Crippen LogP contribution in [0.3, 0.4) is 0 Å². The molecule has 0 atom stereocenters. The predicted octanol–water partition coefficient (Wildman–Crippen LogP) is 6.18. The minimum atomic E-state index is 0.215. The highest BCUT2D eigenvalue weighted by Gasteiger charge is 2.06. The summed E-state index contributed by atoms with van der Waals surface area (Å²) in [6.45, 7) is 0. The highest BCUT2D eigenvalue weighted by molar-refractivity contribution is 9.10. The van der Waals surface area contributed by atoms with E-state index in [0.717, 1.165) is 26.5 Å². The summed E-state index contributed by atoms with van der Waals surface area (Å²) in [6.07, 6.45) is 1.68. The Bertz CT molecular complexity index is 1070. The standard InChI is InChI=1S/C20H13BrN2OS/c21-15-8-5-14(6-9-15)18-12-25-20(23-18)22-11-17-16-4-2-1-3-13(16)7-10-19(17)24/h1-12,24H/b22-11+. The van der Waals surface area contributed by atoms with E-state index in [9.17, 15) is 5.11 Å². The van der Waals surface area contributed by atoms with Crippen molar-refractivity contribution in [1.29, 1.82) is 0 Å². The Kier molecular flexibility index (Phi) is 4.34. The van der Waals surface area contributed by atoms with Crippen molar-refractivity contribution in [2.75, 3.05) is 0 Å². The first-order valence-electron chi connectivity index (χ1n) is 7.67. The van der Waals surface area contributed by atoms with Crippen LogP contribution in [0.2, 0.25) is 0 Å². The third-order valence-electron chi connectivity index (χ3n) is 3.88. The number of hydrogen-bond donors (Lipinski definition) is 1. The monoisotopic (exact) mass is 408 g/mol. The van der Waals surface area contributed by atoms with Gasteiger partial charge in [0, 0.05) is 27.2 Å². The van der Waals surface area contributed by atoms with Crippen LogP contribution >= 0.6 is 27.3 Å². The van der Waals surface area contributed by atoms with Gasteiger partial charge in [-0.2, -0.15) is 0 Å². The summed E-state index contributed by atoms with van der Waals surface area (Å²) in [7, 11) is 0. The van der Waals surface area contributed by atoms with E-state index in [1.54, 1.807) is 12.3 Å². The van der Waals surface area contributed by atoms with Crippen LogP contribution in [0, 0.1) is 0 Å². The summed E-state index contributed by atoms with van der Waals surface area (Å²) in [4.78, 5) is 9.02. The van der Waals surface area contributed by atoms with E-state index >= 15 is 0 Å². The molecule has 0 spiro atoms. The molecule has 5 heteroatoms. The summed E-state index contributed by atoms with van der Waals surface area (Å²) < 4.78 is 1.04. The van der Waals surface area contributed by atoms with Crippen LogP contribution < -0.4 is 0 Å². The van der Waals surface area contributed by atoms with Crippen molar-refractivity contribution in [3.8, 4) is 17.0 Å². The number of aliphatic imine (C=N–C) groups is 1. The first-order valence-corrected chi connectivity index (χ1v) is 9.34. The molecule has 0 radical (unpaired) electrons. The fourth-order valence-corrected chi connectivity index (χ4v) is 3.55. The average molecular weight is 409 g/mol. The number of phenols is 1. The highest BCUT2D eigenvalue weighted by Crippen LogP contribution is 2.29. The molecule has 1 heterocycles. The van der Waals surface area contributed by atoms with E-state index in [1.807, 2.05) is 60.0 Å². The zero-order chi connectivity index (χ0) is 17.2. The second kappa shape index (κ2) is 6.78.